The van der Waals surface area contributed by atoms with Gasteiger partial charge in [-0.25, -0.2) is 8.78 Å². The molecule has 0 bridgehead atoms. The van der Waals surface area contributed by atoms with Crippen LogP contribution < -0.4 is 0 Å². The van der Waals surface area contributed by atoms with E-state index in [1.807, 2.05) is 0 Å². The molecule has 1 aromatic heterocycles. The van der Waals surface area contributed by atoms with Crippen LogP contribution in [0.5, 0.6) is 0 Å². The second-order valence-electron chi connectivity index (χ2n) is 3.14. The Morgan fingerprint density at radius 2 is 1.94 bits per heavy atom. The maximum absolute atomic E-state index is 13.3. The summed E-state index contributed by atoms with van der Waals surface area (Å²) in [6.45, 7) is 0. The summed E-state index contributed by atoms with van der Waals surface area (Å²) in [5.41, 5.74) is 0.297. The Hall–Kier alpha value is -1.49. The molecular formula is C10H7ClF2N2O. The molecule has 6 heteroatoms. The predicted octanol–water partition coefficient (Wildman–Crippen LogP) is 2.68. The molecule has 3 nitrogen and oxygen atoms in total. The molecule has 0 aliphatic rings. The van der Waals surface area contributed by atoms with Gasteiger partial charge >= 0.3 is 0 Å². The second-order valence-corrected chi connectivity index (χ2v) is 3.40. The van der Waals surface area contributed by atoms with E-state index in [1.54, 1.807) is 0 Å². The Labute approximate surface area is 95.1 Å². The average molecular weight is 245 g/mol. The highest BCUT2D eigenvalue weighted by Crippen LogP contribution is 2.14. The first-order valence-corrected chi connectivity index (χ1v) is 5.03. The molecule has 2 rings (SSSR count). The molecular weight excluding hydrogens is 238 g/mol. The van der Waals surface area contributed by atoms with Gasteiger partial charge in [-0.1, -0.05) is 6.07 Å². The van der Waals surface area contributed by atoms with Crippen LogP contribution in [-0.2, 0) is 12.3 Å². The Bertz CT molecular complexity index is 501. The van der Waals surface area contributed by atoms with Crippen LogP contribution in [0.25, 0.3) is 0 Å². The fourth-order valence-corrected chi connectivity index (χ4v) is 1.35. The average Bonchev–Trinajstić information content (AvgIpc) is 2.70. The maximum Gasteiger partial charge on any atom is 0.231 e. The Kier molecular flexibility index (Phi) is 3.14. The number of hydrogen-bond acceptors (Lipinski definition) is 3. The van der Waals surface area contributed by atoms with Crippen LogP contribution in [0.15, 0.2) is 22.6 Å². The van der Waals surface area contributed by atoms with Crippen molar-refractivity contribution in [1.29, 1.82) is 0 Å². The summed E-state index contributed by atoms with van der Waals surface area (Å²) in [5, 5.41) is 7.32. The van der Waals surface area contributed by atoms with Crippen molar-refractivity contribution in [2.75, 3.05) is 0 Å². The van der Waals surface area contributed by atoms with Crippen LogP contribution in [0.1, 0.15) is 17.3 Å². The first-order valence-electron chi connectivity index (χ1n) is 4.50. The number of halogens is 3. The summed E-state index contributed by atoms with van der Waals surface area (Å²) in [7, 11) is 0. The van der Waals surface area contributed by atoms with E-state index in [4.69, 9.17) is 16.0 Å². The standard InChI is InChI=1S/C10H7ClF2N2O/c11-5-10-15-14-9(16-10)3-6-1-2-7(12)4-8(6)13/h1-2,4H,3,5H2. The summed E-state index contributed by atoms with van der Waals surface area (Å²) in [4.78, 5) is 0. The van der Waals surface area contributed by atoms with E-state index in [0.29, 0.717) is 5.56 Å². The third kappa shape index (κ3) is 2.36. The predicted molar refractivity (Wildman–Crippen MR) is 53.0 cm³/mol. The van der Waals surface area contributed by atoms with Crippen molar-refractivity contribution < 1.29 is 13.2 Å². The molecule has 0 unspecified atom stereocenters. The van der Waals surface area contributed by atoms with Gasteiger partial charge in [0.05, 0.1) is 6.42 Å². The summed E-state index contributed by atoms with van der Waals surface area (Å²) in [6, 6.07) is 3.33. The SMILES string of the molecule is Fc1ccc(Cc2nnc(CCl)o2)c(F)c1. The Morgan fingerprint density at radius 3 is 2.56 bits per heavy atom. The van der Waals surface area contributed by atoms with Crippen molar-refractivity contribution in [2.45, 2.75) is 12.3 Å². The molecule has 0 saturated carbocycles. The normalized spacial score (nSPS) is 10.7. The molecule has 0 N–H and O–H groups in total. The molecule has 2 aromatic rings. The quantitative estimate of drug-likeness (QED) is 0.780. The number of alkyl halides is 1. The van der Waals surface area contributed by atoms with Crippen molar-refractivity contribution in [3.63, 3.8) is 0 Å². The zero-order valence-electron chi connectivity index (χ0n) is 8.08. The summed E-state index contributed by atoms with van der Waals surface area (Å²) < 4.78 is 31.0. The lowest BCUT2D eigenvalue weighted by molar-refractivity contribution is 0.469. The highest BCUT2D eigenvalue weighted by atomic mass is 35.5. The van der Waals surface area contributed by atoms with Crippen LogP contribution in [0.4, 0.5) is 8.78 Å². The van der Waals surface area contributed by atoms with E-state index in [-0.39, 0.29) is 24.1 Å². The molecule has 0 spiro atoms. The smallest absolute Gasteiger partial charge is 0.231 e. The van der Waals surface area contributed by atoms with Gasteiger partial charge < -0.3 is 4.42 Å². The van der Waals surface area contributed by atoms with Gasteiger partial charge in [0.1, 0.15) is 17.5 Å². The number of hydrogen-bond donors (Lipinski definition) is 0. The fourth-order valence-electron chi connectivity index (χ4n) is 1.24. The van der Waals surface area contributed by atoms with Gasteiger partial charge in [0.2, 0.25) is 11.8 Å². The van der Waals surface area contributed by atoms with Gasteiger partial charge in [-0.3, -0.25) is 0 Å². The van der Waals surface area contributed by atoms with Crippen molar-refractivity contribution >= 4 is 11.6 Å². The Morgan fingerprint density at radius 1 is 1.19 bits per heavy atom. The van der Waals surface area contributed by atoms with Gasteiger partial charge in [0.15, 0.2) is 0 Å². The molecule has 0 saturated heterocycles. The molecule has 16 heavy (non-hydrogen) atoms. The van der Waals surface area contributed by atoms with Crippen LogP contribution in [0.3, 0.4) is 0 Å². The molecule has 84 valence electrons. The van der Waals surface area contributed by atoms with E-state index >= 15 is 0 Å². The third-order valence-electron chi connectivity index (χ3n) is 1.98. The number of nitrogens with zero attached hydrogens (tertiary/aromatic N) is 2. The number of rotatable bonds is 3. The molecule has 1 heterocycles. The van der Waals surface area contributed by atoms with E-state index in [2.05, 4.69) is 10.2 Å². The summed E-state index contributed by atoms with van der Waals surface area (Å²) in [6.07, 6.45) is 0.121. The van der Waals surface area contributed by atoms with Crippen molar-refractivity contribution in [3.8, 4) is 0 Å². The summed E-state index contributed by atoms with van der Waals surface area (Å²) >= 11 is 5.48. The van der Waals surface area contributed by atoms with E-state index in [9.17, 15) is 8.78 Å². The minimum absolute atomic E-state index is 0.110. The highest BCUT2D eigenvalue weighted by Gasteiger charge is 2.10. The van der Waals surface area contributed by atoms with Crippen LogP contribution in [0, 0.1) is 11.6 Å². The van der Waals surface area contributed by atoms with E-state index < -0.39 is 11.6 Å². The molecule has 0 atom stereocenters. The topological polar surface area (TPSA) is 38.9 Å². The lowest BCUT2D eigenvalue weighted by atomic mass is 10.1. The van der Waals surface area contributed by atoms with Crippen LogP contribution in [-0.4, -0.2) is 10.2 Å². The number of benzene rings is 1. The monoisotopic (exact) mass is 244 g/mol. The Balaban J connectivity index is 2.20. The highest BCUT2D eigenvalue weighted by molar-refractivity contribution is 6.16. The van der Waals surface area contributed by atoms with Gasteiger partial charge in [-0.15, -0.1) is 21.8 Å². The first kappa shape index (κ1) is 11.0. The molecule has 0 amide bonds. The van der Waals surface area contributed by atoms with Crippen LogP contribution >= 0.6 is 11.6 Å². The first-order chi connectivity index (χ1) is 7.69. The van der Waals surface area contributed by atoms with E-state index in [0.717, 1.165) is 6.07 Å². The fraction of sp³-hybridized carbons (Fsp3) is 0.200. The molecule has 0 fully saturated rings. The largest absolute Gasteiger partial charge is 0.424 e. The minimum Gasteiger partial charge on any atom is -0.424 e. The second kappa shape index (κ2) is 4.57. The van der Waals surface area contributed by atoms with Crippen molar-refractivity contribution in [3.05, 3.63) is 47.2 Å². The van der Waals surface area contributed by atoms with Gasteiger partial charge in [-0.05, 0) is 11.6 Å². The third-order valence-corrected chi connectivity index (χ3v) is 2.21. The van der Waals surface area contributed by atoms with Crippen molar-refractivity contribution in [1.82, 2.24) is 10.2 Å². The molecule has 1 aromatic carbocycles. The van der Waals surface area contributed by atoms with Gasteiger partial charge in [0.25, 0.3) is 0 Å². The lowest BCUT2D eigenvalue weighted by Gasteiger charge is -1.99. The lowest BCUT2D eigenvalue weighted by Crippen LogP contribution is -1.93. The minimum atomic E-state index is -0.634. The summed E-state index contributed by atoms with van der Waals surface area (Å²) in [5.74, 6) is -0.613. The zero-order valence-corrected chi connectivity index (χ0v) is 8.84. The van der Waals surface area contributed by atoms with Crippen LogP contribution in [0.2, 0.25) is 0 Å². The molecule has 0 radical (unpaired) electrons. The maximum atomic E-state index is 13.3. The molecule has 0 aliphatic heterocycles. The number of aromatic nitrogens is 2. The molecule has 0 aliphatic carbocycles. The zero-order chi connectivity index (χ0) is 11.5. The van der Waals surface area contributed by atoms with Gasteiger partial charge in [-0.2, -0.15) is 0 Å². The van der Waals surface area contributed by atoms with Crippen molar-refractivity contribution in [2.24, 2.45) is 0 Å². The van der Waals surface area contributed by atoms with E-state index in [1.165, 1.54) is 12.1 Å². The van der Waals surface area contributed by atoms with Gasteiger partial charge in [0, 0.05) is 6.07 Å².